The summed E-state index contributed by atoms with van der Waals surface area (Å²) in [6, 6.07) is 9.39. The van der Waals surface area contributed by atoms with Crippen molar-refractivity contribution < 1.29 is 0 Å². The fourth-order valence-electron chi connectivity index (χ4n) is 2.58. The van der Waals surface area contributed by atoms with Crippen molar-refractivity contribution >= 4 is 11.8 Å². The second-order valence-electron chi connectivity index (χ2n) is 5.04. The summed E-state index contributed by atoms with van der Waals surface area (Å²) in [6.07, 6.45) is 2.60. The van der Waals surface area contributed by atoms with E-state index in [0.717, 1.165) is 11.8 Å². The van der Waals surface area contributed by atoms with Gasteiger partial charge in [-0.1, -0.05) is 24.3 Å². The van der Waals surface area contributed by atoms with Crippen molar-refractivity contribution in [3.05, 3.63) is 35.4 Å². The molecule has 2 heterocycles. The van der Waals surface area contributed by atoms with Crippen LogP contribution < -0.4 is 5.32 Å². The lowest BCUT2D eigenvalue weighted by molar-refractivity contribution is 0.580. The molecule has 1 aromatic rings. The van der Waals surface area contributed by atoms with Crippen LogP contribution in [0.3, 0.4) is 0 Å². The first kappa shape index (κ1) is 10.7. The summed E-state index contributed by atoms with van der Waals surface area (Å²) < 4.78 is 0. The highest BCUT2D eigenvalue weighted by atomic mass is 32.2. The highest BCUT2D eigenvalue weighted by molar-refractivity contribution is 8.00. The molecular weight excluding hydrogens is 214 g/mol. The number of hydrogen-bond donors (Lipinski definition) is 1. The van der Waals surface area contributed by atoms with Gasteiger partial charge in [0.1, 0.15) is 0 Å². The Labute approximate surface area is 102 Å². The fraction of sp³-hybridized carbons (Fsp3) is 0.571. The maximum absolute atomic E-state index is 3.44. The molecule has 0 aliphatic carbocycles. The smallest absolute Gasteiger partial charge is 0.00198 e. The molecule has 0 aromatic heterocycles. The number of hydrogen-bond acceptors (Lipinski definition) is 2. The Bertz CT molecular complexity index is 336. The molecule has 0 amide bonds. The van der Waals surface area contributed by atoms with E-state index >= 15 is 0 Å². The summed E-state index contributed by atoms with van der Waals surface area (Å²) in [5.74, 6) is 4.36. The Balaban J connectivity index is 1.62. The second kappa shape index (κ2) is 4.80. The average Bonchev–Trinajstić information content (AvgIpc) is 2.71. The average molecular weight is 233 g/mol. The first-order chi connectivity index (χ1) is 7.92. The minimum atomic E-state index is 0.840. The molecule has 2 heteroatoms. The molecule has 0 radical (unpaired) electrons. The van der Waals surface area contributed by atoms with Crippen LogP contribution in [0, 0.1) is 5.92 Å². The normalized spacial score (nSPS) is 25.6. The number of nitrogens with one attached hydrogen (secondary N) is 1. The van der Waals surface area contributed by atoms with Crippen molar-refractivity contribution in [2.75, 3.05) is 24.6 Å². The van der Waals surface area contributed by atoms with Crippen LogP contribution in [0.2, 0.25) is 0 Å². The van der Waals surface area contributed by atoms with Crippen molar-refractivity contribution in [3.8, 4) is 0 Å². The van der Waals surface area contributed by atoms with Crippen LogP contribution in [-0.2, 0) is 6.42 Å². The molecule has 1 nitrogen and oxygen atoms in total. The monoisotopic (exact) mass is 233 g/mol. The van der Waals surface area contributed by atoms with Gasteiger partial charge in [0.25, 0.3) is 0 Å². The van der Waals surface area contributed by atoms with Gasteiger partial charge in [-0.05, 0) is 43.0 Å². The third-order valence-electron chi connectivity index (χ3n) is 3.78. The molecular formula is C14H19NS. The molecule has 2 aliphatic rings. The maximum atomic E-state index is 3.44. The minimum absolute atomic E-state index is 0.840. The van der Waals surface area contributed by atoms with Gasteiger partial charge >= 0.3 is 0 Å². The molecule has 2 saturated heterocycles. The van der Waals surface area contributed by atoms with Crippen LogP contribution >= 0.6 is 11.8 Å². The van der Waals surface area contributed by atoms with E-state index in [1.807, 2.05) is 0 Å². The van der Waals surface area contributed by atoms with Crippen LogP contribution in [-0.4, -0.2) is 24.6 Å². The number of thioether (sulfide) groups is 1. The lowest BCUT2D eigenvalue weighted by atomic mass is 9.95. The van der Waals surface area contributed by atoms with E-state index in [2.05, 4.69) is 41.3 Å². The molecule has 1 aromatic carbocycles. The summed E-state index contributed by atoms with van der Waals surface area (Å²) in [5, 5.41) is 3.44. The van der Waals surface area contributed by atoms with Crippen molar-refractivity contribution in [1.29, 1.82) is 0 Å². The highest BCUT2D eigenvalue weighted by Gasteiger charge is 2.20. The number of benzene rings is 1. The highest BCUT2D eigenvalue weighted by Crippen LogP contribution is 2.33. The van der Waals surface area contributed by atoms with Gasteiger partial charge in [-0.25, -0.2) is 0 Å². The molecule has 86 valence electrons. The summed E-state index contributed by atoms with van der Waals surface area (Å²) >= 11 is 2.06. The van der Waals surface area contributed by atoms with Gasteiger partial charge in [-0.3, -0.25) is 0 Å². The Morgan fingerprint density at radius 2 is 2.00 bits per heavy atom. The first-order valence-electron chi connectivity index (χ1n) is 6.29. The Kier molecular flexibility index (Phi) is 3.20. The molecule has 2 aliphatic heterocycles. The maximum Gasteiger partial charge on any atom is 0.00198 e. The van der Waals surface area contributed by atoms with Gasteiger partial charge < -0.3 is 5.32 Å². The summed E-state index contributed by atoms with van der Waals surface area (Å²) in [7, 11) is 0. The van der Waals surface area contributed by atoms with E-state index in [1.165, 1.54) is 43.0 Å². The molecule has 1 N–H and O–H groups in total. The summed E-state index contributed by atoms with van der Waals surface area (Å²) in [6.45, 7) is 2.42. The van der Waals surface area contributed by atoms with Gasteiger partial charge in [0, 0.05) is 17.4 Å². The van der Waals surface area contributed by atoms with Gasteiger partial charge in [-0.15, -0.1) is 0 Å². The van der Waals surface area contributed by atoms with Crippen molar-refractivity contribution in [2.45, 2.75) is 18.8 Å². The van der Waals surface area contributed by atoms with Gasteiger partial charge in [0.2, 0.25) is 0 Å². The Morgan fingerprint density at radius 1 is 1.19 bits per heavy atom. The Hall–Kier alpha value is -0.470. The van der Waals surface area contributed by atoms with Crippen LogP contribution in [0.25, 0.3) is 0 Å². The lowest BCUT2D eigenvalue weighted by Gasteiger charge is -2.25. The Morgan fingerprint density at radius 3 is 2.56 bits per heavy atom. The van der Waals surface area contributed by atoms with Crippen LogP contribution in [0.4, 0.5) is 0 Å². The lowest BCUT2D eigenvalue weighted by Crippen LogP contribution is -2.15. The third-order valence-corrected chi connectivity index (χ3v) is 5.05. The zero-order chi connectivity index (χ0) is 10.8. The summed E-state index contributed by atoms with van der Waals surface area (Å²) in [5.41, 5.74) is 3.07. The van der Waals surface area contributed by atoms with Crippen LogP contribution in [0.5, 0.6) is 0 Å². The standard InChI is InChI=1S/C14H19NS/c1-3-13(14-9-16-10-14)4-2-11(1)7-12-5-6-15-8-12/h1-4,12,14-15H,5-10H2. The second-order valence-corrected chi connectivity index (χ2v) is 6.11. The minimum Gasteiger partial charge on any atom is -0.316 e. The zero-order valence-electron chi connectivity index (χ0n) is 9.61. The van der Waals surface area contributed by atoms with Crippen molar-refractivity contribution in [1.82, 2.24) is 5.32 Å². The van der Waals surface area contributed by atoms with E-state index in [9.17, 15) is 0 Å². The van der Waals surface area contributed by atoms with Gasteiger partial charge in [0.15, 0.2) is 0 Å². The third kappa shape index (κ3) is 2.28. The van der Waals surface area contributed by atoms with Crippen molar-refractivity contribution in [2.24, 2.45) is 5.92 Å². The fourth-order valence-corrected chi connectivity index (χ4v) is 3.43. The predicted molar refractivity (Wildman–Crippen MR) is 71.2 cm³/mol. The molecule has 2 fully saturated rings. The topological polar surface area (TPSA) is 12.0 Å². The molecule has 16 heavy (non-hydrogen) atoms. The van der Waals surface area contributed by atoms with Crippen molar-refractivity contribution in [3.63, 3.8) is 0 Å². The SMILES string of the molecule is c1cc(C2CSC2)ccc1CC1CCNC1. The quantitative estimate of drug-likeness (QED) is 0.861. The van der Waals surface area contributed by atoms with Crippen LogP contribution in [0.1, 0.15) is 23.5 Å². The van der Waals surface area contributed by atoms with E-state index in [-0.39, 0.29) is 0 Å². The zero-order valence-corrected chi connectivity index (χ0v) is 10.4. The molecule has 1 unspecified atom stereocenters. The van der Waals surface area contributed by atoms with E-state index in [4.69, 9.17) is 0 Å². The predicted octanol–water partition coefficient (Wildman–Crippen LogP) is 2.67. The molecule has 1 atom stereocenters. The summed E-state index contributed by atoms with van der Waals surface area (Å²) in [4.78, 5) is 0. The molecule has 0 spiro atoms. The first-order valence-corrected chi connectivity index (χ1v) is 7.44. The number of rotatable bonds is 3. The van der Waals surface area contributed by atoms with Gasteiger partial charge in [0.05, 0.1) is 0 Å². The molecule has 3 rings (SSSR count). The molecule has 0 saturated carbocycles. The largest absolute Gasteiger partial charge is 0.316 e. The van der Waals surface area contributed by atoms with Gasteiger partial charge in [-0.2, -0.15) is 11.8 Å². The van der Waals surface area contributed by atoms with E-state index in [1.54, 1.807) is 5.56 Å². The molecule has 0 bridgehead atoms. The van der Waals surface area contributed by atoms with E-state index in [0.29, 0.717) is 0 Å². The van der Waals surface area contributed by atoms with E-state index < -0.39 is 0 Å². The van der Waals surface area contributed by atoms with Crippen LogP contribution in [0.15, 0.2) is 24.3 Å².